The quantitative estimate of drug-likeness (QED) is 0.621. The Morgan fingerprint density at radius 1 is 1.12 bits per heavy atom. The van der Waals surface area contributed by atoms with Crippen LogP contribution in [0.2, 0.25) is 0 Å². The molecule has 1 N–H and O–H groups in total. The Hall–Kier alpha value is -1.93. The van der Waals surface area contributed by atoms with Gasteiger partial charge in [-0.1, -0.05) is 0 Å². The van der Waals surface area contributed by atoms with Gasteiger partial charge in [-0.05, 0) is 43.3 Å². The van der Waals surface area contributed by atoms with Crippen molar-refractivity contribution in [3.63, 3.8) is 0 Å². The maximum Gasteiger partial charge on any atom is 0.229 e. The molecule has 2 rings (SSSR count). The Kier molecular flexibility index (Phi) is 5.61. The zero-order chi connectivity index (χ0) is 17.9. The maximum absolute atomic E-state index is 13.6. The molecule has 2 aromatic carbocycles. The van der Waals surface area contributed by atoms with Gasteiger partial charge >= 0.3 is 0 Å². The van der Waals surface area contributed by atoms with Crippen LogP contribution in [0.4, 0.5) is 14.5 Å². The molecule has 0 bridgehead atoms. The molecule has 24 heavy (non-hydrogen) atoms. The molecular formula is C16H15F2NO3S2. The average molecular weight is 371 g/mol. The normalized spacial score (nSPS) is 12.7. The van der Waals surface area contributed by atoms with Crippen molar-refractivity contribution in [1.82, 2.24) is 0 Å². The Morgan fingerprint density at radius 3 is 2.29 bits per heavy atom. The maximum atomic E-state index is 13.6. The van der Waals surface area contributed by atoms with Crippen molar-refractivity contribution in [3.05, 3.63) is 59.7 Å². The first-order chi connectivity index (χ1) is 11.2. The second-order valence-electron chi connectivity index (χ2n) is 5.15. The fraction of sp³-hybridized carbons (Fsp3) is 0.188. The van der Waals surface area contributed by atoms with Gasteiger partial charge in [-0.3, -0.25) is 9.52 Å². The smallest absolute Gasteiger partial charge is 0.229 e. The molecule has 1 atom stereocenters. The van der Waals surface area contributed by atoms with Crippen LogP contribution < -0.4 is 4.72 Å². The molecule has 0 unspecified atom stereocenters. The summed E-state index contributed by atoms with van der Waals surface area (Å²) in [5.74, 6) is -1.63. The van der Waals surface area contributed by atoms with Gasteiger partial charge in [-0.2, -0.15) is 0 Å². The summed E-state index contributed by atoms with van der Waals surface area (Å²) in [5, 5.41) is -0.585. The fourth-order valence-corrected chi connectivity index (χ4v) is 3.47. The van der Waals surface area contributed by atoms with E-state index in [0.29, 0.717) is 11.3 Å². The van der Waals surface area contributed by atoms with Crippen LogP contribution in [-0.2, 0) is 10.0 Å². The molecule has 0 saturated heterocycles. The van der Waals surface area contributed by atoms with Crippen molar-refractivity contribution in [1.29, 1.82) is 0 Å². The molecular weight excluding hydrogens is 356 g/mol. The summed E-state index contributed by atoms with van der Waals surface area (Å²) in [5.41, 5.74) is 0.718. The van der Waals surface area contributed by atoms with Crippen molar-refractivity contribution >= 4 is 33.3 Å². The van der Waals surface area contributed by atoms with Crippen molar-refractivity contribution in [2.45, 2.75) is 17.1 Å². The van der Waals surface area contributed by atoms with E-state index >= 15 is 0 Å². The summed E-state index contributed by atoms with van der Waals surface area (Å²) in [7, 11) is -3.39. The summed E-state index contributed by atoms with van der Waals surface area (Å²) in [6.07, 6.45) is 1.03. The van der Waals surface area contributed by atoms with Crippen LogP contribution in [0.1, 0.15) is 17.3 Å². The van der Waals surface area contributed by atoms with Gasteiger partial charge in [0.15, 0.2) is 5.78 Å². The van der Waals surface area contributed by atoms with Crippen LogP contribution in [0, 0.1) is 11.6 Å². The van der Waals surface area contributed by atoms with Gasteiger partial charge in [0.05, 0.1) is 11.5 Å². The molecule has 8 heteroatoms. The number of hydrogen-bond acceptors (Lipinski definition) is 4. The monoisotopic (exact) mass is 371 g/mol. The molecule has 0 amide bonds. The molecule has 128 valence electrons. The first-order valence-corrected chi connectivity index (χ1v) is 9.66. The number of ketones is 1. The van der Waals surface area contributed by atoms with E-state index in [1.165, 1.54) is 30.3 Å². The molecule has 4 nitrogen and oxygen atoms in total. The topological polar surface area (TPSA) is 63.2 Å². The standard InChI is InChI=1S/C16H15F2NO3S2/c1-10(23-15-8-5-12(17)9-14(15)18)16(20)11-3-6-13(7-4-11)19-24(2,21)22/h3-10,19H,1-2H3/t10-/m0/s1. The average Bonchev–Trinajstić information content (AvgIpc) is 2.48. The Morgan fingerprint density at radius 2 is 1.75 bits per heavy atom. The summed E-state index contributed by atoms with van der Waals surface area (Å²) in [6.45, 7) is 1.62. The number of carbonyl (C=O) groups is 1. The lowest BCUT2D eigenvalue weighted by Gasteiger charge is -2.12. The third-order valence-electron chi connectivity index (χ3n) is 3.04. The predicted octanol–water partition coefficient (Wildman–Crippen LogP) is 3.70. The minimum Gasteiger partial charge on any atom is -0.293 e. The highest BCUT2D eigenvalue weighted by atomic mass is 32.2. The first kappa shape index (κ1) is 18.4. The fourth-order valence-electron chi connectivity index (χ4n) is 1.97. The van der Waals surface area contributed by atoms with Crippen molar-refractivity contribution < 1.29 is 22.0 Å². The summed E-state index contributed by atoms with van der Waals surface area (Å²) < 4.78 is 51.1. The van der Waals surface area contributed by atoms with E-state index in [1.54, 1.807) is 6.92 Å². The largest absolute Gasteiger partial charge is 0.293 e. The van der Waals surface area contributed by atoms with Crippen LogP contribution in [0.15, 0.2) is 47.4 Å². The van der Waals surface area contributed by atoms with Crippen LogP contribution in [0.3, 0.4) is 0 Å². The van der Waals surface area contributed by atoms with Crippen molar-refractivity contribution in [3.8, 4) is 0 Å². The zero-order valence-electron chi connectivity index (χ0n) is 12.9. The lowest BCUT2D eigenvalue weighted by molar-refractivity contribution is 0.0994. The predicted molar refractivity (Wildman–Crippen MR) is 90.9 cm³/mol. The third kappa shape index (κ3) is 5.04. The van der Waals surface area contributed by atoms with E-state index in [-0.39, 0.29) is 10.7 Å². The molecule has 0 aliphatic heterocycles. The van der Waals surface area contributed by atoms with Crippen LogP contribution in [0.5, 0.6) is 0 Å². The molecule has 2 aromatic rings. The number of benzene rings is 2. The highest BCUT2D eigenvalue weighted by Crippen LogP contribution is 2.28. The van der Waals surface area contributed by atoms with Crippen LogP contribution in [-0.4, -0.2) is 25.7 Å². The molecule has 0 radical (unpaired) electrons. The summed E-state index contributed by atoms with van der Waals surface area (Å²) in [6, 6.07) is 9.13. The van der Waals surface area contributed by atoms with Gasteiger partial charge < -0.3 is 0 Å². The third-order valence-corrected chi connectivity index (χ3v) is 4.80. The first-order valence-electron chi connectivity index (χ1n) is 6.89. The van der Waals surface area contributed by atoms with E-state index in [4.69, 9.17) is 0 Å². The van der Waals surface area contributed by atoms with E-state index in [2.05, 4.69) is 4.72 Å². The summed E-state index contributed by atoms with van der Waals surface area (Å²) >= 11 is 0.993. The number of Topliss-reactive ketones (excluding diaryl/α,β-unsaturated/α-hetero) is 1. The lowest BCUT2D eigenvalue weighted by atomic mass is 10.1. The molecule has 0 heterocycles. The van der Waals surface area contributed by atoms with Crippen LogP contribution in [0.25, 0.3) is 0 Å². The highest BCUT2D eigenvalue weighted by Gasteiger charge is 2.18. The molecule has 0 spiro atoms. The summed E-state index contributed by atoms with van der Waals surface area (Å²) in [4.78, 5) is 12.6. The van der Waals surface area contributed by atoms with Crippen molar-refractivity contribution in [2.24, 2.45) is 0 Å². The van der Waals surface area contributed by atoms with Crippen molar-refractivity contribution in [2.75, 3.05) is 11.0 Å². The number of hydrogen-bond donors (Lipinski definition) is 1. The number of anilines is 1. The van der Waals surface area contributed by atoms with Gasteiger partial charge in [-0.25, -0.2) is 17.2 Å². The minimum atomic E-state index is -3.39. The Balaban J connectivity index is 2.10. The van der Waals surface area contributed by atoms with Gasteiger partial charge in [-0.15, -0.1) is 11.8 Å². The molecule has 0 fully saturated rings. The number of halogens is 2. The highest BCUT2D eigenvalue weighted by molar-refractivity contribution is 8.00. The number of nitrogens with one attached hydrogen (secondary N) is 1. The number of thioether (sulfide) groups is 1. The SMILES string of the molecule is C[C@H](Sc1ccc(F)cc1F)C(=O)c1ccc(NS(C)(=O)=O)cc1. The van der Waals surface area contributed by atoms with Gasteiger partial charge in [0, 0.05) is 22.2 Å². The van der Waals surface area contributed by atoms with Gasteiger partial charge in [0.2, 0.25) is 10.0 Å². The number of carbonyl (C=O) groups excluding carboxylic acids is 1. The zero-order valence-corrected chi connectivity index (χ0v) is 14.5. The molecule has 0 aliphatic rings. The van der Waals surface area contributed by atoms with E-state index < -0.39 is 26.9 Å². The minimum absolute atomic E-state index is 0.188. The lowest BCUT2D eigenvalue weighted by Crippen LogP contribution is -2.14. The molecule has 0 aliphatic carbocycles. The second-order valence-corrected chi connectivity index (χ2v) is 8.28. The van der Waals surface area contributed by atoms with E-state index in [9.17, 15) is 22.0 Å². The number of rotatable bonds is 6. The van der Waals surface area contributed by atoms with Gasteiger partial charge in [0.1, 0.15) is 11.6 Å². The van der Waals surface area contributed by atoms with Gasteiger partial charge in [0.25, 0.3) is 0 Å². The van der Waals surface area contributed by atoms with E-state index in [0.717, 1.165) is 30.2 Å². The van der Waals surface area contributed by atoms with E-state index in [1.807, 2.05) is 0 Å². The molecule has 0 aromatic heterocycles. The molecule has 0 saturated carbocycles. The Bertz CT molecular complexity index is 852. The second kappa shape index (κ2) is 7.31. The van der Waals surface area contributed by atoms with Crippen LogP contribution >= 0.6 is 11.8 Å². The number of sulfonamides is 1. The Labute approximate surface area is 143 Å².